The van der Waals surface area contributed by atoms with E-state index in [0.29, 0.717) is 18.8 Å². The van der Waals surface area contributed by atoms with E-state index >= 15 is 0 Å². The maximum atomic E-state index is 12.6. The Morgan fingerprint density at radius 1 is 1.03 bits per heavy atom. The average Bonchev–Trinajstić information content (AvgIpc) is 2.74. The first-order valence-corrected chi connectivity index (χ1v) is 9.98. The summed E-state index contributed by atoms with van der Waals surface area (Å²) in [4.78, 5) is 27.2. The highest BCUT2D eigenvalue weighted by Crippen LogP contribution is 2.25. The smallest absolute Gasteiger partial charge is 0.406 e. The van der Waals surface area contributed by atoms with Crippen molar-refractivity contribution < 1.29 is 27.5 Å². The van der Waals surface area contributed by atoms with Gasteiger partial charge in [0.25, 0.3) is 0 Å². The van der Waals surface area contributed by atoms with Crippen LogP contribution in [-0.2, 0) is 9.59 Å². The third kappa shape index (κ3) is 6.71. The van der Waals surface area contributed by atoms with Gasteiger partial charge in [-0.05, 0) is 62.7 Å². The molecular weight excluding hydrogens is 411 g/mol. The van der Waals surface area contributed by atoms with Gasteiger partial charge in [-0.25, -0.2) is 0 Å². The number of amides is 2. The average molecular weight is 435 g/mol. The zero-order valence-corrected chi connectivity index (χ0v) is 17.0. The summed E-state index contributed by atoms with van der Waals surface area (Å²) >= 11 is 0. The molecule has 1 fully saturated rings. The van der Waals surface area contributed by atoms with Crippen LogP contribution in [0.25, 0.3) is 0 Å². The molecule has 0 aromatic heterocycles. The molecule has 1 heterocycles. The molecule has 2 unspecified atom stereocenters. The van der Waals surface area contributed by atoms with Crippen molar-refractivity contribution in [1.29, 1.82) is 0 Å². The lowest BCUT2D eigenvalue weighted by molar-refractivity contribution is -0.274. The number of nitrogens with zero attached hydrogens (tertiary/aromatic N) is 1. The van der Waals surface area contributed by atoms with Crippen LogP contribution in [0.4, 0.5) is 24.5 Å². The quantitative estimate of drug-likeness (QED) is 0.711. The Balaban J connectivity index is 1.54. The molecule has 3 rings (SSSR count). The highest BCUT2D eigenvalue weighted by atomic mass is 19.4. The van der Waals surface area contributed by atoms with E-state index in [2.05, 4.69) is 15.4 Å². The van der Waals surface area contributed by atoms with Crippen LogP contribution in [0.3, 0.4) is 0 Å². The van der Waals surface area contributed by atoms with E-state index in [1.165, 1.54) is 12.1 Å². The van der Waals surface area contributed by atoms with Crippen molar-refractivity contribution in [2.75, 3.05) is 23.7 Å². The fourth-order valence-corrected chi connectivity index (χ4v) is 3.49. The predicted molar refractivity (Wildman–Crippen MR) is 111 cm³/mol. The Morgan fingerprint density at radius 3 is 2.32 bits per heavy atom. The van der Waals surface area contributed by atoms with Crippen molar-refractivity contribution in [3.63, 3.8) is 0 Å². The maximum absolute atomic E-state index is 12.6. The highest BCUT2D eigenvalue weighted by Gasteiger charge is 2.32. The minimum atomic E-state index is -4.77. The normalized spacial score (nSPS) is 18.1. The SMILES string of the molecule is CC(C(=O)Nc1ccc(OC(F)(F)F)cc1)N1CCCC(C(=O)Nc2ccccc2)C1. The minimum absolute atomic E-state index is 0.0799. The summed E-state index contributed by atoms with van der Waals surface area (Å²) in [5.74, 6) is -0.970. The fourth-order valence-electron chi connectivity index (χ4n) is 3.49. The molecule has 0 saturated carbocycles. The minimum Gasteiger partial charge on any atom is -0.406 e. The van der Waals surface area contributed by atoms with Crippen LogP contribution >= 0.6 is 0 Å². The second-order valence-corrected chi connectivity index (χ2v) is 7.43. The Morgan fingerprint density at radius 2 is 1.68 bits per heavy atom. The first kappa shape index (κ1) is 22.6. The fraction of sp³-hybridized carbons (Fsp3) is 0.364. The van der Waals surface area contributed by atoms with Crippen LogP contribution in [0.2, 0.25) is 0 Å². The van der Waals surface area contributed by atoms with E-state index in [-0.39, 0.29) is 23.5 Å². The Bertz CT molecular complexity index is 888. The molecule has 2 aromatic rings. The molecule has 0 spiro atoms. The number of carbonyl (C=O) groups is 2. The Labute approximate surface area is 178 Å². The van der Waals surface area contributed by atoms with Gasteiger partial charge in [-0.3, -0.25) is 14.5 Å². The Kier molecular flexibility index (Phi) is 7.17. The number of alkyl halides is 3. The standard InChI is InChI=1S/C22H24F3N3O3/c1-15(20(29)26-18-9-11-19(12-10-18)31-22(23,24)25)28-13-5-6-16(14-28)21(30)27-17-7-3-2-4-8-17/h2-4,7-12,15-16H,5-6,13-14H2,1H3,(H,26,29)(H,27,30). The zero-order chi connectivity index (χ0) is 22.4. The van der Waals surface area contributed by atoms with E-state index in [9.17, 15) is 22.8 Å². The monoisotopic (exact) mass is 435 g/mol. The number of nitrogens with one attached hydrogen (secondary N) is 2. The van der Waals surface area contributed by atoms with Gasteiger partial charge in [0.2, 0.25) is 11.8 Å². The molecule has 0 aliphatic carbocycles. The number of benzene rings is 2. The van der Waals surface area contributed by atoms with E-state index in [0.717, 1.165) is 30.7 Å². The van der Waals surface area contributed by atoms with Gasteiger partial charge in [0.15, 0.2) is 0 Å². The van der Waals surface area contributed by atoms with Gasteiger partial charge in [0.05, 0.1) is 12.0 Å². The summed E-state index contributed by atoms with van der Waals surface area (Å²) in [6, 6.07) is 13.7. The van der Waals surface area contributed by atoms with Crippen molar-refractivity contribution in [2.45, 2.75) is 32.2 Å². The summed E-state index contributed by atoms with van der Waals surface area (Å²) in [7, 11) is 0. The number of hydrogen-bond donors (Lipinski definition) is 2. The second-order valence-electron chi connectivity index (χ2n) is 7.43. The number of likely N-dealkylation sites (tertiary alicyclic amines) is 1. The molecule has 2 atom stereocenters. The third-order valence-electron chi connectivity index (χ3n) is 5.15. The summed E-state index contributed by atoms with van der Waals surface area (Å²) in [6.07, 6.45) is -3.24. The van der Waals surface area contributed by atoms with Crippen LogP contribution in [0.1, 0.15) is 19.8 Å². The van der Waals surface area contributed by atoms with Crippen LogP contribution in [0, 0.1) is 5.92 Å². The number of carbonyl (C=O) groups excluding carboxylic acids is 2. The predicted octanol–water partition coefficient (Wildman–Crippen LogP) is 4.26. The van der Waals surface area contributed by atoms with Crippen LogP contribution in [0.15, 0.2) is 54.6 Å². The molecule has 1 saturated heterocycles. The molecule has 0 bridgehead atoms. The largest absolute Gasteiger partial charge is 0.573 e. The van der Waals surface area contributed by atoms with Crippen molar-refractivity contribution in [3.8, 4) is 5.75 Å². The molecule has 2 amide bonds. The van der Waals surface area contributed by atoms with Crippen LogP contribution < -0.4 is 15.4 Å². The van der Waals surface area contributed by atoms with Gasteiger partial charge < -0.3 is 15.4 Å². The molecule has 6 nitrogen and oxygen atoms in total. The van der Waals surface area contributed by atoms with Gasteiger partial charge in [-0.2, -0.15) is 0 Å². The summed E-state index contributed by atoms with van der Waals surface area (Å²) in [5, 5.41) is 5.60. The van der Waals surface area contributed by atoms with Gasteiger partial charge >= 0.3 is 6.36 Å². The molecular formula is C22H24F3N3O3. The number of hydrogen-bond acceptors (Lipinski definition) is 4. The number of para-hydroxylation sites is 1. The van der Waals surface area contributed by atoms with Crippen LogP contribution in [-0.4, -0.2) is 42.2 Å². The van der Waals surface area contributed by atoms with Crippen molar-refractivity contribution in [1.82, 2.24) is 4.90 Å². The lowest BCUT2D eigenvalue weighted by Gasteiger charge is -2.35. The molecule has 2 N–H and O–H groups in total. The first-order valence-electron chi connectivity index (χ1n) is 9.98. The molecule has 166 valence electrons. The molecule has 1 aliphatic rings. The van der Waals surface area contributed by atoms with Crippen LogP contribution in [0.5, 0.6) is 5.75 Å². The van der Waals surface area contributed by atoms with Crippen molar-refractivity contribution in [2.24, 2.45) is 5.92 Å². The summed E-state index contributed by atoms with van der Waals surface area (Å²) < 4.78 is 40.6. The van der Waals surface area contributed by atoms with Gasteiger partial charge in [0, 0.05) is 17.9 Å². The summed E-state index contributed by atoms with van der Waals surface area (Å²) in [5.41, 5.74) is 1.09. The molecule has 2 aromatic carbocycles. The van der Waals surface area contributed by atoms with E-state index in [1.54, 1.807) is 6.92 Å². The van der Waals surface area contributed by atoms with Crippen molar-refractivity contribution in [3.05, 3.63) is 54.6 Å². The molecule has 0 radical (unpaired) electrons. The third-order valence-corrected chi connectivity index (χ3v) is 5.15. The number of piperidine rings is 1. The highest BCUT2D eigenvalue weighted by molar-refractivity contribution is 5.95. The number of rotatable bonds is 6. The number of halogens is 3. The molecule has 9 heteroatoms. The van der Waals surface area contributed by atoms with E-state index in [4.69, 9.17) is 0 Å². The van der Waals surface area contributed by atoms with Gasteiger partial charge in [-0.15, -0.1) is 13.2 Å². The zero-order valence-electron chi connectivity index (χ0n) is 17.0. The molecule has 31 heavy (non-hydrogen) atoms. The second kappa shape index (κ2) is 9.82. The number of anilines is 2. The van der Waals surface area contributed by atoms with Crippen molar-refractivity contribution >= 4 is 23.2 Å². The van der Waals surface area contributed by atoms with E-state index < -0.39 is 12.4 Å². The first-order chi connectivity index (χ1) is 14.7. The van der Waals surface area contributed by atoms with Gasteiger partial charge in [0.1, 0.15) is 5.75 Å². The topological polar surface area (TPSA) is 70.7 Å². The summed E-state index contributed by atoms with van der Waals surface area (Å²) in [6.45, 7) is 2.88. The maximum Gasteiger partial charge on any atom is 0.573 e. The number of ether oxygens (including phenoxy) is 1. The lowest BCUT2D eigenvalue weighted by Crippen LogP contribution is -2.49. The van der Waals surface area contributed by atoms with Gasteiger partial charge in [-0.1, -0.05) is 18.2 Å². The Hall–Kier alpha value is -3.07. The lowest BCUT2D eigenvalue weighted by atomic mass is 9.95. The molecule has 1 aliphatic heterocycles. The van der Waals surface area contributed by atoms with E-state index in [1.807, 2.05) is 35.2 Å².